The summed E-state index contributed by atoms with van der Waals surface area (Å²) in [6, 6.07) is 12.2. The van der Waals surface area contributed by atoms with Crippen molar-refractivity contribution < 1.29 is 0 Å². The van der Waals surface area contributed by atoms with Gasteiger partial charge in [-0.15, -0.1) is 0 Å². The van der Waals surface area contributed by atoms with Crippen molar-refractivity contribution in [3.05, 3.63) is 70.0 Å². The molecule has 1 N–H and O–H groups in total. The van der Waals surface area contributed by atoms with Crippen molar-refractivity contribution in [1.82, 2.24) is 19.4 Å². The van der Waals surface area contributed by atoms with Crippen LogP contribution < -0.4 is 10.9 Å². The van der Waals surface area contributed by atoms with Crippen LogP contribution in [0, 0.1) is 5.92 Å². The third-order valence-corrected chi connectivity index (χ3v) is 6.73. The number of nitrogens with zero attached hydrogens (tertiary/aromatic N) is 3. The van der Waals surface area contributed by atoms with Crippen molar-refractivity contribution in [2.45, 2.75) is 25.8 Å². The van der Waals surface area contributed by atoms with E-state index in [4.69, 9.17) is 0 Å². The van der Waals surface area contributed by atoms with Gasteiger partial charge in [0.1, 0.15) is 6.33 Å². The first-order chi connectivity index (χ1) is 14.2. The second-order valence-corrected chi connectivity index (χ2v) is 8.59. The Bertz CT molecular complexity index is 1190. The van der Waals surface area contributed by atoms with Crippen LogP contribution in [0.1, 0.15) is 25.8 Å². The maximum atomic E-state index is 12.6. The number of thiophene rings is 1. The molecule has 0 aliphatic carbocycles. The van der Waals surface area contributed by atoms with E-state index in [1.807, 2.05) is 23.2 Å². The number of aromatic nitrogens is 3. The predicted octanol–water partition coefficient (Wildman–Crippen LogP) is 4.48. The molecule has 3 aromatic heterocycles. The van der Waals surface area contributed by atoms with Crippen molar-refractivity contribution >= 4 is 22.4 Å². The lowest BCUT2D eigenvalue weighted by molar-refractivity contribution is 0.276. The minimum atomic E-state index is 0.0645. The topological polar surface area (TPSA) is 51.9 Å². The quantitative estimate of drug-likeness (QED) is 0.546. The normalized spacial score (nSPS) is 18.2. The van der Waals surface area contributed by atoms with Gasteiger partial charge in [0, 0.05) is 23.7 Å². The van der Waals surface area contributed by atoms with E-state index >= 15 is 0 Å². The molecule has 1 aliphatic heterocycles. The first kappa shape index (κ1) is 18.3. The molecule has 148 valence electrons. The zero-order valence-electron chi connectivity index (χ0n) is 16.4. The molecule has 0 radical (unpaired) electrons. The van der Waals surface area contributed by atoms with Crippen LogP contribution >= 0.6 is 11.3 Å². The van der Waals surface area contributed by atoms with Crippen molar-refractivity contribution in [3.63, 3.8) is 0 Å². The molecule has 0 amide bonds. The molecule has 1 saturated heterocycles. The van der Waals surface area contributed by atoms with E-state index in [9.17, 15) is 4.79 Å². The van der Waals surface area contributed by atoms with Crippen molar-refractivity contribution in [2.75, 3.05) is 13.1 Å². The number of benzene rings is 1. The summed E-state index contributed by atoms with van der Waals surface area (Å²) in [6.45, 7) is 4.22. The van der Waals surface area contributed by atoms with Gasteiger partial charge in [0.15, 0.2) is 0 Å². The molecular weight excluding hydrogens is 380 g/mol. The molecule has 0 spiro atoms. The number of nitrogens with one attached hydrogen (secondary N) is 1. The van der Waals surface area contributed by atoms with E-state index in [0.717, 1.165) is 47.4 Å². The fraction of sp³-hybridized carbons (Fsp3) is 0.304. The summed E-state index contributed by atoms with van der Waals surface area (Å²) in [5.74, 6) is 0.487. The van der Waals surface area contributed by atoms with Crippen LogP contribution in [0.25, 0.3) is 27.8 Å². The third-order valence-electron chi connectivity index (χ3n) is 6.06. The van der Waals surface area contributed by atoms with E-state index in [1.165, 1.54) is 6.42 Å². The first-order valence-electron chi connectivity index (χ1n) is 10.1. The van der Waals surface area contributed by atoms with E-state index < -0.39 is 0 Å². The summed E-state index contributed by atoms with van der Waals surface area (Å²) in [7, 11) is 0. The Labute approximate surface area is 173 Å². The fourth-order valence-electron chi connectivity index (χ4n) is 4.30. The molecule has 1 fully saturated rings. The lowest BCUT2D eigenvalue weighted by Gasteiger charge is -2.29. The van der Waals surface area contributed by atoms with Gasteiger partial charge in [0.2, 0.25) is 0 Å². The highest BCUT2D eigenvalue weighted by molar-refractivity contribution is 7.08. The Morgan fingerprint density at radius 1 is 1.21 bits per heavy atom. The minimum absolute atomic E-state index is 0.0645. The number of hydrogen-bond donors (Lipinski definition) is 1. The number of rotatable bonds is 4. The van der Waals surface area contributed by atoms with Crippen LogP contribution in [0.15, 0.2) is 64.5 Å². The van der Waals surface area contributed by atoms with Gasteiger partial charge in [-0.05, 0) is 79.5 Å². The van der Waals surface area contributed by atoms with E-state index in [0.29, 0.717) is 5.92 Å². The lowest BCUT2D eigenvalue weighted by Crippen LogP contribution is -2.37. The second kappa shape index (κ2) is 7.61. The summed E-state index contributed by atoms with van der Waals surface area (Å²) in [5, 5.41) is 7.65. The Hall–Kier alpha value is -2.70. The van der Waals surface area contributed by atoms with Crippen LogP contribution in [0.2, 0.25) is 0 Å². The Morgan fingerprint density at radius 3 is 2.90 bits per heavy atom. The highest BCUT2D eigenvalue weighted by Crippen LogP contribution is 2.28. The van der Waals surface area contributed by atoms with Crippen molar-refractivity contribution in [1.29, 1.82) is 0 Å². The monoisotopic (exact) mass is 404 g/mol. The zero-order valence-corrected chi connectivity index (χ0v) is 17.2. The van der Waals surface area contributed by atoms with E-state index in [-0.39, 0.29) is 11.6 Å². The number of imidazole rings is 1. The Balaban J connectivity index is 1.50. The highest BCUT2D eigenvalue weighted by Gasteiger charge is 2.22. The molecule has 2 unspecified atom stereocenters. The summed E-state index contributed by atoms with van der Waals surface area (Å²) in [4.78, 5) is 17.2. The van der Waals surface area contributed by atoms with Gasteiger partial charge in [0.05, 0.1) is 16.7 Å². The second-order valence-electron chi connectivity index (χ2n) is 7.81. The molecule has 5 nitrogen and oxygen atoms in total. The predicted molar refractivity (Wildman–Crippen MR) is 119 cm³/mol. The first-order valence-corrected chi connectivity index (χ1v) is 11.1. The molecule has 0 bridgehead atoms. The number of hydrogen-bond acceptors (Lipinski definition) is 4. The molecule has 0 saturated carbocycles. The van der Waals surface area contributed by atoms with Gasteiger partial charge < -0.3 is 9.88 Å². The van der Waals surface area contributed by atoms with Gasteiger partial charge in [-0.25, -0.2) is 4.98 Å². The molecule has 4 heterocycles. The largest absolute Gasteiger partial charge is 0.316 e. The van der Waals surface area contributed by atoms with Gasteiger partial charge in [0.25, 0.3) is 5.56 Å². The maximum Gasteiger partial charge on any atom is 0.250 e. The summed E-state index contributed by atoms with van der Waals surface area (Å²) >= 11 is 1.68. The van der Waals surface area contributed by atoms with Gasteiger partial charge in [-0.2, -0.15) is 11.3 Å². The minimum Gasteiger partial charge on any atom is -0.316 e. The van der Waals surface area contributed by atoms with Gasteiger partial charge in [-0.1, -0.05) is 6.07 Å². The van der Waals surface area contributed by atoms with Crippen LogP contribution in [0.3, 0.4) is 0 Å². The average Bonchev–Trinajstić information content (AvgIpc) is 3.43. The molecule has 5 rings (SSSR count). The molecule has 4 aromatic rings. The van der Waals surface area contributed by atoms with Crippen LogP contribution in [0.4, 0.5) is 0 Å². The fourth-order valence-corrected chi connectivity index (χ4v) is 4.93. The van der Waals surface area contributed by atoms with E-state index in [1.54, 1.807) is 17.4 Å². The third kappa shape index (κ3) is 3.43. The molecule has 1 aliphatic rings. The lowest BCUT2D eigenvalue weighted by atomic mass is 9.92. The molecule has 6 heteroatoms. The average molecular weight is 405 g/mol. The van der Waals surface area contributed by atoms with Gasteiger partial charge >= 0.3 is 0 Å². The number of piperidine rings is 1. The molecule has 29 heavy (non-hydrogen) atoms. The number of pyridine rings is 1. The molecule has 2 atom stereocenters. The molecule has 1 aromatic carbocycles. The van der Waals surface area contributed by atoms with Crippen molar-refractivity contribution in [2.24, 2.45) is 5.92 Å². The smallest absolute Gasteiger partial charge is 0.250 e. The number of fused-ring (bicyclic) bond motifs is 1. The van der Waals surface area contributed by atoms with E-state index in [2.05, 4.69) is 56.8 Å². The summed E-state index contributed by atoms with van der Waals surface area (Å²) < 4.78 is 4.01. The van der Waals surface area contributed by atoms with Crippen LogP contribution in [-0.4, -0.2) is 27.2 Å². The highest BCUT2D eigenvalue weighted by atomic mass is 32.1. The molecular formula is C23H24N4OS. The Kier molecular flexibility index (Phi) is 4.81. The van der Waals surface area contributed by atoms with Crippen LogP contribution in [-0.2, 0) is 0 Å². The Morgan fingerprint density at radius 2 is 2.10 bits per heavy atom. The summed E-state index contributed by atoms with van der Waals surface area (Å²) in [5.41, 5.74) is 5.37. The van der Waals surface area contributed by atoms with Gasteiger partial charge in [-0.3, -0.25) is 9.36 Å². The maximum absolute atomic E-state index is 12.6. The SMILES string of the molecule is CC(C1CCCNC1)n1cc(-c2ccc3c(c2)ncn3-c2ccsc2)ccc1=O. The zero-order chi connectivity index (χ0) is 19.8. The summed E-state index contributed by atoms with van der Waals surface area (Å²) in [6.07, 6.45) is 6.22. The van der Waals surface area contributed by atoms with Crippen molar-refractivity contribution in [3.8, 4) is 16.8 Å². The standard InChI is InChI=1S/C23H24N4OS/c1-16(18-3-2-9-24-12-18)26-13-19(5-7-23(26)28)17-4-6-22-21(11-17)25-15-27(22)20-8-10-29-14-20/h4-8,10-11,13-16,18,24H,2-3,9,12H2,1H3. The van der Waals surface area contributed by atoms with Crippen LogP contribution in [0.5, 0.6) is 0 Å².